The fourth-order valence-electron chi connectivity index (χ4n) is 1.48. The Kier molecular flexibility index (Phi) is 4.06. The van der Waals surface area contributed by atoms with Crippen molar-refractivity contribution in [2.75, 3.05) is 0 Å². The monoisotopic (exact) mass is 260 g/mol. The van der Waals surface area contributed by atoms with Gasteiger partial charge in [0, 0.05) is 0 Å². The van der Waals surface area contributed by atoms with E-state index in [1.165, 1.54) is 0 Å². The van der Waals surface area contributed by atoms with Crippen molar-refractivity contribution < 1.29 is 44.4 Å². The number of aliphatic hydroxyl groups is 5. The summed E-state index contributed by atoms with van der Waals surface area (Å²) in [6.45, 7) is 0. The van der Waals surface area contributed by atoms with Crippen molar-refractivity contribution in [2.24, 2.45) is 0 Å². The summed E-state index contributed by atoms with van der Waals surface area (Å²) in [5.74, 6) is 0. The Bertz CT molecular complexity index is 274. The van der Waals surface area contributed by atoms with Crippen LogP contribution in [0.2, 0.25) is 0 Å². The fourth-order valence-corrected chi connectivity index (χ4v) is 2.05. The van der Waals surface area contributed by atoms with Crippen LogP contribution in [0.4, 0.5) is 0 Å². The minimum Gasteiger partial charge on any atom is -0.387 e. The molecule has 10 heteroatoms. The van der Waals surface area contributed by atoms with Gasteiger partial charge < -0.3 is 35.3 Å². The minimum atomic E-state index is -5.01. The number of phosphoric acid groups is 1. The standard InChI is InChI=1S/C6H13O9P/c7-1-2(8)4(10)6(5(11)3(1)9)15-16(12,13)14/h1-11H,(H2,12,13,14)/t1-,2?,3?,4-,5?,6-/m0/s1. The van der Waals surface area contributed by atoms with Gasteiger partial charge in [0.25, 0.3) is 0 Å². The highest BCUT2D eigenvalue weighted by Crippen LogP contribution is 2.41. The third-order valence-electron chi connectivity index (χ3n) is 2.33. The molecular formula is C6H13O9P. The molecule has 0 heterocycles. The van der Waals surface area contributed by atoms with Crippen LogP contribution in [-0.2, 0) is 9.09 Å². The molecule has 0 saturated heterocycles. The lowest BCUT2D eigenvalue weighted by Gasteiger charge is -2.41. The van der Waals surface area contributed by atoms with Gasteiger partial charge in [0.05, 0.1) is 0 Å². The summed E-state index contributed by atoms with van der Waals surface area (Å²) in [4.78, 5) is 17.0. The molecule has 9 nitrogen and oxygen atoms in total. The van der Waals surface area contributed by atoms with E-state index in [9.17, 15) is 25.0 Å². The second-order valence-electron chi connectivity index (χ2n) is 3.51. The van der Waals surface area contributed by atoms with Crippen LogP contribution in [-0.4, -0.2) is 71.9 Å². The topological polar surface area (TPSA) is 168 Å². The molecule has 3 unspecified atom stereocenters. The van der Waals surface area contributed by atoms with Gasteiger partial charge in [-0.2, -0.15) is 0 Å². The van der Waals surface area contributed by atoms with Gasteiger partial charge in [0.2, 0.25) is 0 Å². The van der Waals surface area contributed by atoms with Crippen molar-refractivity contribution in [3.63, 3.8) is 0 Å². The van der Waals surface area contributed by atoms with E-state index < -0.39 is 44.4 Å². The maximum absolute atomic E-state index is 10.5. The largest absolute Gasteiger partial charge is 0.470 e. The first-order chi connectivity index (χ1) is 7.15. The normalized spacial score (nSPS) is 45.7. The fraction of sp³-hybridized carbons (Fsp3) is 1.00. The summed E-state index contributed by atoms with van der Waals surface area (Å²) in [6.07, 6.45) is -11.3. The van der Waals surface area contributed by atoms with Gasteiger partial charge in [-0.05, 0) is 0 Å². The molecule has 0 radical (unpaired) electrons. The predicted molar refractivity (Wildman–Crippen MR) is 47.0 cm³/mol. The highest BCUT2D eigenvalue weighted by atomic mass is 31.2. The van der Waals surface area contributed by atoms with Gasteiger partial charge in [0.15, 0.2) is 0 Å². The van der Waals surface area contributed by atoms with Gasteiger partial charge in [-0.1, -0.05) is 0 Å². The Labute approximate surface area is 89.8 Å². The molecule has 0 bridgehead atoms. The summed E-state index contributed by atoms with van der Waals surface area (Å²) in [6, 6.07) is 0. The van der Waals surface area contributed by atoms with Crippen LogP contribution in [0.5, 0.6) is 0 Å². The molecule has 7 N–H and O–H groups in total. The molecule has 0 amide bonds. The van der Waals surface area contributed by atoms with Gasteiger partial charge in [-0.25, -0.2) is 4.57 Å². The molecule has 96 valence electrons. The Morgan fingerprint density at radius 3 is 1.38 bits per heavy atom. The van der Waals surface area contributed by atoms with Gasteiger partial charge in [-0.15, -0.1) is 0 Å². The molecule has 16 heavy (non-hydrogen) atoms. The molecule has 1 rings (SSSR count). The molecule has 1 fully saturated rings. The number of phosphoric ester groups is 1. The summed E-state index contributed by atoms with van der Waals surface area (Å²) >= 11 is 0. The molecule has 1 saturated carbocycles. The van der Waals surface area contributed by atoms with E-state index in [0.717, 1.165) is 0 Å². The van der Waals surface area contributed by atoms with Crippen LogP contribution < -0.4 is 0 Å². The zero-order chi connectivity index (χ0) is 12.7. The maximum atomic E-state index is 10.5. The van der Waals surface area contributed by atoms with Gasteiger partial charge in [-0.3, -0.25) is 4.52 Å². The van der Waals surface area contributed by atoms with Crippen LogP contribution in [0, 0.1) is 0 Å². The van der Waals surface area contributed by atoms with E-state index in [1.54, 1.807) is 0 Å². The number of rotatable bonds is 2. The third-order valence-corrected chi connectivity index (χ3v) is 2.85. The van der Waals surface area contributed by atoms with E-state index in [4.69, 9.17) is 14.9 Å². The third kappa shape index (κ3) is 2.77. The lowest BCUT2D eigenvalue weighted by Crippen LogP contribution is -2.64. The average molecular weight is 260 g/mol. The highest BCUT2D eigenvalue weighted by molar-refractivity contribution is 7.46. The minimum absolute atomic E-state index is 1.83. The number of hydrogen-bond donors (Lipinski definition) is 7. The van der Waals surface area contributed by atoms with E-state index in [-0.39, 0.29) is 0 Å². The zero-order valence-electron chi connectivity index (χ0n) is 7.86. The van der Waals surface area contributed by atoms with Gasteiger partial charge >= 0.3 is 7.82 Å². The summed E-state index contributed by atoms with van der Waals surface area (Å²) in [7, 11) is -5.01. The molecular weight excluding hydrogens is 247 g/mol. The number of hydrogen-bond acceptors (Lipinski definition) is 7. The van der Waals surface area contributed by atoms with E-state index in [2.05, 4.69) is 4.52 Å². The van der Waals surface area contributed by atoms with E-state index >= 15 is 0 Å². The lowest BCUT2D eigenvalue weighted by atomic mass is 9.85. The Hall–Kier alpha value is -0.0900. The Morgan fingerprint density at radius 1 is 0.750 bits per heavy atom. The van der Waals surface area contributed by atoms with Crippen LogP contribution in [0.15, 0.2) is 0 Å². The maximum Gasteiger partial charge on any atom is 0.470 e. The van der Waals surface area contributed by atoms with Crippen LogP contribution in [0.1, 0.15) is 0 Å². The second kappa shape index (κ2) is 4.65. The van der Waals surface area contributed by atoms with Crippen molar-refractivity contribution in [3.8, 4) is 0 Å². The zero-order valence-corrected chi connectivity index (χ0v) is 8.75. The van der Waals surface area contributed by atoms with Crippen molar-refractivity contribution in [1.82, 2.24) is 0 Å². The van der Waals surface area contributed by atoms with Crippen LogP contribution in [0.3, 0.4) is 0 Å². The summed E-state index contributed by atoms with van der Waals surface area (Å²) in [5, 5.41) is 46.1. The highest BCUT2D eigenvalue weighted by Gasteiger charge is 2.50. The van der Waals surface area contributed by atoms with Crippen molar-refractivity contribution in [2.45, 2.75) is 36.6 Å². The lowest BCUT2D eigenvalue weighted by molar-refractivity contribution is -0.219. The van der Waals surface area contributed by atoms with Gasteiger partial charge in [0.1, 0.15) is 36.6 Å². The molecule has 1 aliphatic rings. The number of aliphatic hydroxyl groups excluding tert-OH is 5. The van der Waals surface area contributed by atoms with Crippen molar-refractivity contribution in [1.29, 1.82) is 0 Å². The summed E-state index contributed by atoms with van der Waals surface area (Å²) in [5.41, 5.74) is 0. The molecule has 0 aromatic heterocycles. The Balaban J connectivity index is 2.87. The van der Waals surface area contributed by atoms with E-state index in [1.807, 2.05) is 0 Å². The SMILES string of the molecule is O=P(O)(O)O[C@@H]1C(O)C(O)[C@@H](O)C(O)[C@@H]1O. The quantitative estimate of drug-likeness (QED) is 0.247. The van der Waals surface area contributed by atoms with Crippen LogP contribution >= 0.6 is 7.82 Å². The van der Waals surface area contributed by atoms with Crippen molar-refractivity contribution in [3.05, 3.63) is 0 Å². The molecule has 0 spiro atoms. The van der Waals surface area contributed by atoms with Crippen LogP contribution in [0.25, 0.3) is 0 Å². The first-order valence-electron chi connectivity index (χ1n) is 4.29. The molecule has 0 aliphatic heterocycles. The smallest absolute Gasteiger partial charge is 0.387 e. The second-order valence-corrected chi connectivity index (χ2v) is 4.71. The Morgan fingerprint density at radius 2 is 1.06 bits per heavy atom. The first kappa shape index (κ1) is 14.0. The molecule has 1 aliphatic carbocycles. The first-order valence-corrected chi connectivity index (χ1v) is 5.82. The molecule has 6 atom stereocenters. The molecule has 0 aromatic carbocycles. The van der Waals surface area contributed by atoms with Crippen molar-refractivity contribution >= 4 is 7.82 Å². The summed E-state index contributed by atoms with van der Waals surface area (Å²) < 4.78 is 14.5. The predicted octanol–water partition coefficient (Wildman–Crippen LogP) is -3.72. The van der Waals surface area contributed by atoms with E-state index in [0.29, 0.717) is 0 Å². The average Bonchev–Trinajstić information content (AvgIpc) is 2.17. The molecule has 0 aromatic rings.